The summed E-state index contributed by atoms with van der Waals surface area (Å²) < 4.78 is 83.9. The molecule has 2 aliphatic rings. The molecule has 1 aromatic rings. The summed E-state index contributed by atoms with van der Waals surface area (Å²) in [4.78, 5) is 41.5. The molecule has 39 heavy (non-hydrogen) atoms. The third kappa shape index (κ3) is 8.50. The van der Waals surface area contributed by atoms with E-state index < -0.39 is 52.8 Å². The number of nitrogens with one attached hydrogen (secondary N) is 1. The van der Waals surface area contributed by atoms with E-state index >= 15 is 0 Å². The van der Waals surface area contributed by atoms with Crippen LogP contribution in [0.25, 0.3) is 0 Å². The fraction of sp³-hybridized carbons (Fsp3) is 0.654. The number of carbonyl (C=O) groups excluding carboxylic acids is 3. The van der Waals surface area contributed by atoms with E-state index in [-0.39, 0.29) is 24.3 Å². The second-order valence-electron chi connectivity index (χ2n) is 11.0. The first-order valence-corrected chi connectivity index (χ1v) is 12.8. The monoisotopic (exact) mass is 565 g/mol. The molecule has 0 spiro atoms. The molecule has 0 saturated carbocycles. The molecule has 0 bridgehead atoms. The van der Waals surface area contributed by atoms with E-state index in [0.717, 1.165) is 12.8 Å². The lowest BCUT2D eigenvalue weighted by Crippen LogP contribution is -2.55. The summed E-state index contributed by atoms with van der Waals surface area (Å²) in [5.74, 6) is -1.13. The molecule has 13 heteroatoms. The van der Waals surface area contributed by atoms with Gasteiger partial charge in [-0.2, -0.15) is 26.3 Å². The van der Waals surface area contributed by atoms with Crippen molar-refractivity contribution in [2.45, 2.75) is 83.3 Å². The smallest absolute Gasteiger partial charge is 0.416 e. The number of anilines is 1. The Morgan fingerprint density at radius 2 is 1.44 bits per heavy atom. The molecule has 0 aliphatic carbocycles. The van der Waals surface area contributed by atoms with Gasteiger partial charge in [-0.1, -0.05) is 0 Å². The van der Waals surface area contributed by atoms with E-state index in [2.05, 4.69) is 5.32 Å². The Morgan fingerprint density at radius 1 is 0.872 bits per heavy atom. The van der Waals surface area contributed by atoms with Crippen molar-refractivity contribution in [2.24, 2.45) is 5.92 Å². The number of carbonyl (C=O) groups is 3. The van der Waals surface area contributed by atoms with Crippen LogP contribution >= 0.6 is 0 Å². The molecule has 218 valence electrons. The first-order chi connectivity index (χ1) is 17.9. The molecule has 1 unspecified atom stereocenters. The maximum Gasteiger partial charge on any atom is 0.416 e. The van der Waals surface area contributed by atoms with Gasteiger partial charge in [0.15, 0.2) is 0 Å². The van der Waals surface area contributed by atoms with E-state index in [4.69, 9.17) is 4.74 Å². The van der Waals surface area contributed by atoms with Gasteiger partial charge in [-0.05, 0) is 77.0 Å². The van der Waals surface area contributed by atoms with Gasteiger partial charge >= 0.3 is 18.4 Å². The standard InChI is InChI=1S/C26H33F6N3O4/c1-24(2,3)39-23(38)35-9-5-4-6-20(35)22(37)34-10-7-16(8-11-34)12-21(36)33-19-14-17(25(27,28)29)13-18(15-19)26(30,31)32/h13-16,20H,4-12H2,1-3H3,(H,33,36). The Balaban J connectivity index is 1.58. The van der Waals surface area contributed by atoms with Gasteiger partial charge in [0.05, 0.1) is 11.1 Å². The van der Waals surface area contributed by atoms with E-state index in [0.29, 0.717) is 51.0 Å². The van der Waals surface area contributed by atoms with E-state index in [9.17, 15) is 40.7 Å². The van der Waals surface area contributed by atoms with Crippen LogP contribution in [0.4, 0.5) is 36.8 Å². The largest absolute Gasteiger partial charge is 0.444 e. The number of likely N-dealkylation sites (tertiary alicyclic amines) is 2. The summed E-state index contributed by atoms with van der Waals surface area (Å²) >= 11 is 0. The Kier molecular flexibility index (Phi) is 9.11. The predicted molar refractivity (Wildman–Crippen MR) is 130 cm³/mol. The SMILES string of the molecule is CC(C)(C)OC(=O)N1CCCCC1C(=O)N1CCC(CC(=O)Nc2cc(C(F)(F)F)cc(C(F)(F)F)c2)CC1. The second kappa shape index (κ2) is 11.6. The molecule has 2 saturated heterocycles. The van der Waals surface area contributed by atoms with Crippen molar-refractivity contribution in [1.29, 1.82) is 0 Å². The molecule has 1 atom stereocenters. The van der Waals surface area contributed by atoms with Gasteiger partial charge in [-0.25, -0.2) is 4.79 Å². The Bertz CT molecular complexity index is 1030. The molecule has 3 amide bonds. The van der Waals surface area contributed by atoms with E-state index in [1.807, 2.05) is 0 Å². The van der Waals surface area contributed by atoms with Crippen molar-refractivity contribution >= 4 is 23.6 Å². The molecule has 1 N–H and O–H groups in total. The lowest BCUT2D eigenvalue weighted by molar-refractivity contribution is -0.143. The lowest BCUT2D eigenvalue weighted by Gasteiger charge is -2.40. The average molecular weight is 566 g/mol. The minimum absolute atomic E-state index is 0.00134. The van der Waals surface area contributed by atoms with Gasteiger partial charge in [-0.3, -0.25) is 14.5 Å². The molecule has 7 nitrogen and oxygen atoms in total. The van der Waals surface area contributed by atoms with Gasteiger partial charge in [0.25, 0.3) is 0 Å². The first-order valence-electron chi connectivity index (χ1n) is 12.8. The fourth-order valence-electron chi connectivity index (χ4n) is 4.80. The minimum Gasteiger partial charge on any atom is -0.444 e. The van der Waals surface area contributed by atoms with Crippen molar-refractivity contribution in [3.05, 3.63) is 29.3 Å². The zero-order valence-electron chi connectivity index (χ0n) is 22.0. The molecule has 2 aliphatic heterocycles. The highest BCUT2D eigenvalue weighted by Crippen LogP contribution is 2.37. The number of hydrogen-bond donors (Lipinski definition) is 1. The number of hydrogen-bond acceptors (Lipinski definition) is 4. The van der Waals surface area contributed by atoms with Crippen LogP contribution in [0.3, 0.4) is 0 Å². The summed E-state index contributed by atoms with van der Waals surface area (Å²) in [7, 11) is 0. The van der Waals surface area contributed by atoms with Crippen LogP contribution in [0.15, 0.2) is 18.2 Å². The van der Waals surface area contributed by atoms with Crippen LogP contribution in [0.5, 0.6) is 0 Å². The van der Waals surface area contributed by atoms with Crippen molar-refractivity contribution in [3.63, 3.8) is 0 Å². The van der Waals surface area contributed by atoms with Gasteiger partial charge in [0, 0.05) is 31.7 Å². The molecule has 2 heterocycles. The molecule has 2 fully saturated rings. The highest BCUT2D eigenvalue weighted by molar-refractivity contribution is 5.91. The van der Waals surface area contributed by atoms with Gasteiger partial charge in [0.1, 0.15) is 11.6 Å². The average Bonchev–Trinajstić information content (AvgIpc) is 2.81. The number of piperidine rings is 2. The van der Waals surface area contributed by atoms with E-state index in [1.165, 1.54) is 4.90 Å². The van der Waals surface area contributed by atoms with Crippen LogP contribution in [0, 0.1) is 5.92 Å². The number of nitrogens with zero attached hydrogens (tertiary/aromatic N) is 2. The molecule has 1 aromatic carbocycles. The number of amides is 3. The zero-order chi connectivity index (χ0) is 29.2. The number of alkyl halides is 6. The summed E-state index contributed by atoms with van der Waals surface area (Å²) in [6.07, 6.45) is -7.78. The third-order valence-electron chi connectivity index (χ3n) is 6.69. The van der Waals surface area contributed by atoms with Crippen LogP contribution in [0.2, 0.25) is 0 Å². The van der Waals surface area contributed by atoms with Gasteiger partial charge in [-0.15, -0.1) is 0 Å². The van der Waals surface area contributed by atoms with E-state index in [1.54, 1.807) is 25.7 Å². The summed E-state index contributed by atoms with van der Waals surface area (Å²) in [6.45, 7) is 6.28. The number of benzene rings is 1. The molecular formula is C26H33F6N3O4. The van der Waals surface area contributed by atoms with Crippen LogP contribution in [-0.4, -0.2) is 59.0 Å². The molecule has 0 radical (unpaired) electrons. The van der Waals surface area contributed by atoms with Crippen molar-refractivity contribution in [2.75, 3.05) is 25.0 Å². The normalized spacial score (nSPS) is 19.6. The van der Waals surface area contributed by atoms with Crippen molar-refractivity contribution in [3.8, 4) is 0 Å². The Morgan fingerprint density at radius 3 is 1.95 bits per heavy atom. The highest BCUT2D eigenvalue weighted by Gasteiger charge is 2.39. The fourth-order valence-corrected chi connectivity index (χ4v) is 4.80. The first kappa shape index (κ1) is 30.6. The van der Waals surface area contributed by atoms with Crippen LogP contribution < -0.4 is 5.32 Å². The third-order valence-corrected chi connectivity index (χ3v) is 6.69. The van der Waals surface area contributed by atoms with Crippen LogP contribution in [-0.2, 0) is 26.7 Å². The highest BCUT2D eigenvalue weighted by atomic mass is 19.4. The number of rotatable bonds is 4. The predicted octanol–water partition coefficient (Wildman–Crippen LogP) is 6.08. The summed E-state index contributed by atoms with van der Waals surface area (Å²) in [6, 6.07) is 0.292. The topological polar surface area (TPSA) is 79.0 Å². The number of ether oxygens (including phenoxy) is 1. The maximum atomic E-state index is 13.2. The van der Waals surface area contributed by atoms with Crippen LogP contribution in [0.1, 0.15) is 70.4 Å². The summed E-state index contributed by atoms with van der Waals surface area (Å²) in [5, 5.41) is 2.16. The summed E-state index contributed by atoms with van der Waals surface area (Å²) in [5.41, 5.74) is -4.32. The van der Waals surface area contributed by atoms with Crippen molar-refractivity contribution < 1.29 is 45.5 Å². The second-order valence-corrected chi connectivity index (χ2v) is 11.0. The quantitative estimate of drug-likeness (QED) is 0.449. The number of halogens is 6. The minimum atomic E-state index is -5.02. The molecule has 0 aromatic heterocycles. The molecular weight excluding hydrogens is 532 g/mol. The molecule has 3 rings (SSSR count). The zero-order valence-corrected chi connectivity index (χ0v) is 22.0. The maximum absolute atomic E-state index is 13.2. The van der Waals surface area contributed by atoms with Gasteiger partial charge < -0.3 is 15.0 Å². The van der Waals surface area contributed by atoms with Gasteiger partial charge in [0.2, 0.25) is 11.8 Å². The Labute approximate surface area is 222 Å². The van der Waals surface area contributed by atoms with Crippen molar-refractivity contribution in [1.82, 2.24) is 9.80 Å². The lowest BCUT2D eigenvalue weighted by atomic mass is 9.92. The Hall–Kier alpha value is -2.99.